The molecule has 0 aromatic heterocycles. The van der Waals surface area contributed by atoms with Gasteiger partial charge < -0.3 is 9.64 Å². The summed E-state index contributed by atoms with van der Waals surface area (Å²) in [4.78, 5) is 4.63. The van der Waals surface area contributed by atoms with Gasteiger partial charge in [0.15, 0.2) is 0 Å². The molecule has 0 amide bonds. The molecule has 1 heterocycles. The van der Waals surface area contributed by atoms with E-state index >= 15 is 0 Å². The van der Waals surface area contributed by atoms with E-state index in [1.807, 2.05) is 0 Å². The number of benzene rings is 1. The summed E-state index contributed by atoms with van der Waals surface area (Å²) in [6, 6.07) is 6.52. The molecule has 0 saturated carbocycles. The molecular weight excluding hydrogens is 236 g/mol. The van der Waals surface area contributed by atoms with E-state index in [4.69, 9.17) is 4.74 Å². The number of nitrogens with zero attached hydrogens (tertiary/aromatic N) is 2. The lowest BCUT2D eigenvalue weighted by atomic mass is 10.1. The molecule has 0 unspecified atom stereocenters. The van der Waals surface area contributed by atoms with Crippen molar-refractivity contribution in [3.05, 3.63) is 29.3 Å². The average Bonchev–Trinajstić information content (AvgIpc) is 2.71. The Bertz CT molecular complexity index is 435. The first-order chi connectivity index (χ1) is 8.86. The van der Waals surface area contributed by atoms with Crippen LogP contribution in [0.15, 0.2) is 18.2 Å². The van der Waals surface area contributed by atoms with Gasteiger partial charge >= 0.3 is 0 Å². The van der Waals surface area contributed by atoms with Gasteiger partial charge in [0.1, 0.15) is 12.4 Å². The zero-order chi connectivity index (χ0) is 14.0. The summed E-state index contributed by atoms with van der Waals surface area (Å²) >= 11 is 0. The van der Waals surface area contributed by atoms with Gasteiger partial charge in [0, 0.05) is 25.2 Å². The maximum Gasteiger partial charge on any atom is 0.119 e. The van der Waals surface area contributed by atoms with Gasteiger partial charge in [0.2, 0.25) is 0 Å². The summed E-state index contributed by atoms with van der Waals surface area (Å²) in [6.45, 7) is 10.6. The maximum atomic E-state index is 5.80. The van der Waals surface area contributed by atoms with E-state index in [0.717, 1.165) is 32.0 Å². The molecular formula is C16H26N2O. The number of hydrogen-bond acceptors (Lipinski definition) is 3. The van der Waals surface area contributed by atoms with E-state index in [1.165, 1.54) is 11.1 Å². The van der Waals surface area contributed by atoms with Crippen LogP contribution in [0.2, 0.25) is 0 Å². The van der Waals surface area contributed by atoms with Crippen LogP contribution in [0.5, 0.6) is 5.75 Å². The molecule has 19 heavy (non-hydrogen) atoms. The van der Waals surface area contributed by atoms with Crippen molar-refractivity contribution in [1.29, 1.82) is 0 Å². The van der Waals surface area contributed by atoms with Crippen LogP contribution in [-0.4, -0.2) is 42.6 Å². The number of fused-ring (bicyclic) bond motifs is 1. The Balaban J connectivity index is 1.99. The topological polar surface area (TPSA) is 15.7 Å². The second-order valence-corrected chi connectivity index (χ2v) is 6.61. The Morgan fingerprint density at radius 2 is 1.84 bits per heavy atom. The highest BCUT2D eigenvalue weighted by atomic mass is 16.5. The molecule has 1 aromatic rings. The van der Waals surface area contributed by atoms with Crippen LogP contribution in [0.4, 0.5) is 0 Å². The van der Waals surface area contributed by atoms with Crippen LogP contribution in [0, 0.1) is 0 Å². The summed E-state index contributed by atoms with van der Waals surface area (Å²) in [5, 5.41) is 0. The molecule has 0 saturated heterocycles. The first-order valence-electron chi connectivity index (χ1n) is 7.00. The monoisotopic (exact) mass is 262 g/mol. The fourth-order valence-corrected chi connectivity index (χ4v) is 2.28. The van der Waals surface area contributed by atoms with Crippen LogP contribution in [0.25, 0.3) is 0 Å². The number of likely N-dealkylation sites (N-methyl/N-ethyl adjacent to an activating group) is 1. The third kappa shape index (κ3) is 3.71. The molecule has 0 N–H and O–H groups in total. The minimum Gasteiger partial charge on any atom is -0.492 e. The zero-order valence-corrected chi connectivity index (χ0v) is 12.9. The summed E-state index contributed by atoms with van der Waals surface area (Å²) < 4.78 is 5.80. The quantitative estimate of drug-likeness (QED) is 0.830. The number of ether oxygens (including phenoxy) is 1. The fraction of sp³-hybridized carbons (Fsp3) is 0.625. The van der Waals surface area contributed by atoms with Crippen molar-refractivity contribution in [1.82, 2.24) is 9.80 Å². The first-order valence-corrected chi connectivity index (χ1v) is 7.00. The average molecular weight is 262 g/mol. The van der Waals surface area contributed by atoms with Crippen molar-refractivity contribution in [3.63, 3.8) is 0 Å². The summed E-state index contributed by atoms with van der Waals surface area (Å²) in [6.07, 6.45) is 0. The largest absolute Gasteiger partial charge is 0.492 e. The minimum atomic E-state index is 0.227. The molecule has 0 fully saturated rings. The van der Waals surface area contributed by atoms with E-state index in [-0.39, 0.29) is 5.54 Å². The Morgan fingerprint density at radius 3 is 2.47 bits per heavy atom. The normalized spacial score (nSPS) is 15.9. The summed E-state index contributed by atoms with van der Waals surface area (Å²) in [5.41, 5.74) is 3.08. The smallest absolute Gasteiger partial charge is 0.119 e. The summed E-state index contributed by atoms with van der Waals surface area (Å²) in [5.74, 6) is 0.997. The van der Waals surface area contributed by atoms with E-state index in [9.17, 15) is 0 Å². The Hall–Kier alpha value is -1.06. The third-order valence-corrected chi connectivity index (χ3v) is 3.66. The van der Waals surface area contributed by atoms with Gasteiger partial charge in [-0.3, -0.25) is 4.90 Å². The molecule has 0 aliphatic carbocycles. The van der Waals surface area contributed by atoms with Gasteiger partial charge in [-0.2, -0.15) is 0 Å². The van der Waals surface area contributed by atoms with Crippen molar-refractivity contribution >= 4 is 0 Å². The van der Waals surface area contributed by atoms with Crippen LogP contribution >= 0.6 is 0 Å². The van der Waals surface area contributed by atoms with Crippen molar-refractivity contribution in [2.75, 3.05) is 27.2 Å². The molecule has 0 atom stereocenters. The third-order valence-electron chi connectivity index (χ3n) is 3.66. The van der Waals surface area contributed by atoms with E-state index < -0.39 is 0 Å². The zero-order valence-electron chi connectivity index (χ0n) is 12.9. The molecule has 0 spiro atoms. The predicted octanol–water partition coefficient (Wildman–Crippen LogP) is 2.74. The standard InChI is InChI=1S/C16H26N2O/c1-16(2,3)18-11-13-6-7-15(10-14(13)12-18)19-9-8-17(4)5/h6-7,10H,8-9,11-12H2,1-5H3. The Kier molecular flexibility index (Phi) is 4.16. The SMILES string of the molecule is CN(C)CCOc1ccc2c(c1)CN(C(C)(C)C)C2. The fourth-order valence-electron chi connectivity index (χ4n) is 2.28. The van der Waals surface area contributed by atoms with Crippen molar-refractivity contribution in [3.8, 4) is 5.75 Å². The van der Waals surface area contributed by atoms with Crippen LogP contribution < -0.4 is 4.74 Å². The summed E-state index contributed by atoms with van der Waals surface area (Å²) in [7, 11) is 4.13. The highest BCUT2D eigenvalue weighted by Crippen LogP contribution is 2.31. The van der Waals surface area contributed by atoms with E-state index in [2.05, 4.69) is 62.9 Å². The van der Waals surface area contributed by atoms with Crippen molar-refractivity contribution in [2.24, 2.45) is 0 Å². The minimum absolute atomic E-state index is 0.227. The van der Waals surface area contributed by atoms with Crippen molar-refractivity contribution in [2.45, 2.75) is 39.4 Å². The molecule has 1 aliphatic rings. The molecule has 0 bridgehead atoms. The molecule has 1 aromatic carbocycles. The molecule has 106 valence electrons. The van der Waals surface area contributed by atoms with Gasteiger partial charge in [-0.25, -0.2) is 0 Å². The van der Waals surface area contributed by atoms with Crippen molar-refractivity contribution < 1.29 is 4.74 Å². The van der Waals surface area contributed by atoms with Gasteiger partial charge in [-0.05, 0) is 58.1 Å². The highest BCUT2D eigenvalue weighted by molar-refractivity contribution is 5.38. The van der Waals surface area contributed by atoms with Gasteiger partial charge in [-0.1, -0.05) is 6.07 Å². The van der Waals surface area contributed by atoms with E-state index in [0.29, 0.717) is 0 Å². The molecule has 2 rings (SSSR count). The molecule has 0 radical (unpaired) electrons. The van der Waals surface area contributed by atoms with Gasteiger partial charge in [0.05, 0.1) is 0 Å². The Labute approximate surface area is 117 Å². The van der Waals surface area contributed by atoms with Gasteiger partial charge in [0.25, 0.3) is 0 Å². The lowest BCUT2D eigenvalue weighted by molar-refractivity contribution is 0.136. The maximum absolute atomic E-state index is 5.80. The number of hydrogen-bond donors (Lipinski definition) is 0. The molecule has 3 heteroatoms. The van der Waals surface area contributed by atoms with E-state index in [1.54, 1.807) is 0 Å². The lowest BCUT2D eigenvalue weighted by Crippen LogP contribution is -2.36. The second-order valence-electron chi connectivity index (χ2n) is 6.61. The first kappa shape index (κ1) is 14.4. The Morgan fingerprint density at radius 1 is 1.16 bits per heavy atom. The second kappa shape index (κ2) is 5.51. The predicted molar refractivity (Wildman–Crippen MR) is 79.5 cm³/mol. The molecule has 1 aliphatic heterocycles. The van der Waals surface area contributed by atoms with Crippen LogP contribution in [-0.2, 0) is 13.1 Å². The highest BCUT2D eigenvalue weighted by Gasteiger charge is 2.28. The lowest BCUT2D eigenvalue weighted by Gasteiger charge is -2.31. The van der Waals surface area contributed by atoms with Crippen LogP contribution in [0.1, 0.15) is 31.9 Å². The van der Waals surface area contributed by atoms with Gasteiger partial charge in [-0.15, -0.1) is 0 Å². The van der Waals surface area contributed by atoms with Crippen LogP contribution in [0.3, 0.4) is 0 Å². The molecule has 3 nitrogen and oxygen atoms in total. The number of rotatable bonds is 4.